The van der Waals surface area contributed by atoms with Crippen molar-refractivity contribution in [3.8, 4) is 11.5 Å². The Morgan fingerprint density at radius 1 is 1.02 bits per heavy atom. The minimum atomic E-state index is -0.247. The Hall–Kier alpha value is -5.16. The fourth-order valence-corrected chi connectivity index (χ4v) is 4.38. The summed E-state index contributed by atoms with van der Waals surface area (Å²) in [5.41, 5.74) is 3.86. The lowest BCUT2D eigenvalue weighted by Crippen LogP contribution is -2.47. The van der Waals surface area contributed by atoms with E-state index in [9.17, 15) is 4.79 Å². The van der Waals surface area contributed by atoms with Crippen molar-refractivity contribution >= 4 is 34.9 Å². The van der Waals surface area contributed by atoms with E-state index >= 15 is 0 Å². The maximum Gasteiger partial charge on any atom is 0.330 e. The van der Waals surface area contributed by atoms with Crippen molar-refractivity contribution in [1.29, 1.82) is 0 Å². The molecule has 5 rings (SSSR count). The molecule has 0 saturated heterocycles. The fourth-order valence-electron chi connectivity index (χ4n) is 4.38. The van der Waals surface area contributed by atoms with E-state index in [0.717, 1.165) is 22.5 Å². The predicted molar refractivity (Wildman–Crippen MR) is 158 cm³/mol. The number of rotatable bonds is 12. The van der Waals surface area contributed by atoms with Gasteiger partial charge in [-0.25, -0.2) is 9.78 Å². The summed E-state index contributed by atoms with van der Waals surface area (Å²) < 4.78 is 16.4. The number of hydrogen-bond donors (Lipinski definition) is 2. The number of pyridine rings is 1. The molecule has 1 aliphatic heterocycles. The van der Waals surface area contributed by atoms with Crippen LogP contribution in [0.4, 0.5) is 33.6 Å². The number of hydrogen-bond acceptors (Lipinski definition) is 9. The van der Waals surface area contributed by atoms with Gasteiger partial charge in [0, 0.05) is 42.4 Å². The Morgan fingerprint density at radius 3 is 2.51 bits per heavy atom. The van der Waals surface area contributed by atoms with Crippen LogP contribution in [-0.4, -0.2) is 48.5 Å². The van der Waals surface area contributed by atoms with Gasteiger partial charge in [-0.2, -0.15) is 4.98 Å². The Morgan fingerprint density at radius 2 is 1.80 bits per heavy atom. The zero-order valence-electron chi connectivity index (χ0n) is 22.9. The summed E-state index contributed by atoms with van der Waals surface area (Å²) in [4.78, 5) is 30.9. The van der Waals surface area contributed by atoms with E-state index in [1.165, 1.54) is 0 Å². The van der Waals surface area contributed by atoms with Crippen LogP contribution >= 0.6 is 0 Å². The maximum atomic E-state index is 14.0. The number of methoxy groups -OCH3 is 2. The van der Waals surface area contributed by atoms with Gasteiger partial charge in [0.2, 0.25) is 5.95 Å². The highest BCUT2D eigenvalue weighted by Crippen LogP contribution is 2.36. The van der Waals surface area contributed by atoms with E-state index in [0.29, 0.717) is 42.3 Å². The van der Waals surface area contributed by atoms with Gasteiger partial charge in [0.05, 0.1) is 51.0 Å². The van der Waals surface area contributed by atoms with Gasteiger partial charge in [0.15, 0.2) is 0 Å². The van der Waals surface area contributed by atoms with Crippen molar-refractivity contribution in [3.63, 3.8) is 0 Å². The van der Waals surface area contributed by atoms with E-state index in [4.69, 9.17) is 19.2 Å². The number of fused-ring (bicyclic) bond motifs is 1. The normalized spacial score (nSPS) is 12.5. The van der Waals surface area contributed by atoms with Gasteiger partial charge in [-0.05, 0) is 23.8 Å². The van der Waals surface area contributed by atoms with Crippen LogP contribution in [0.1, 0.15) is 11.1 Å². The Labute approximate surface area is 238 Å². The molecule has 11 heteroatoms. The standard InChI is InChI=1S/C30H31N7O4/c1-4-12-41-20-33-26-9-5-6-10-27(26)34-29-32-17-22-19-36(23-13-24(39-2)15-25(14-23)40-3)30(38)37(28(22)35-29)18-21-8-7-11-31-16-21/h4-11,13-17,33H,1,12,18-20H2,2-3H3,(H,32,34,35). The molecule has 41 heavy (non-hydrogen) atoms. The number of carbonyl (C=O) groups is 1. The van der Waals surface area contributed by atoms with Crippen LogP contribution in [0, 0.1) is 0 Å². The Balaban J connectivity index is 1.48. The van der Waals surface area contributed by atoms with Crippen LogP contribution in [0.2, 0.25) is 0 Å². The second-order valence-electron chi connectivity index (χ2n) is 9.08. The molecule has 0 spiro atoms. The molecule has 0 radical (unpaired) electrons. The van der Waals surface area contributed by atoms with Crippen LogP contribution in [0.5, 0.6) is 11.5 Å². The molecule has 4 aromatic rings. The number of carbonyl (C=O) groups excluding carboxylic acids is 1. The van der Waals surface area contributed by atoms with E-state index in [-0.39, 0.29) is 19.1 Å². The van der Waals surface area contributed by atoms with Crippen LogP contribution in [-0.2, 0) is 17.8 Å². The number of anilines is 5. The van der Waals surface area contributed by atoms with Gasteiger partial charge in [0.1, 0.15) is 24.0 Å². The number of aromatic nitrogens is 3. The van der Waals surface area contributed by atoms with Crippen molar-refractivity contribution < 1.29 is 19.0 Å². The van der Waals surface area contributed by atoms with Gasteiger partial charge in [-0.15, -0.1) is 6.58 Å². The lowest BCUT2D eigenvalue weighted by Gasteiger charge is -2.36. The lowest BCUT2D eigenvalue weighted by molar-refractivity contribution is 0.183. The quantitative estimate of drug-likeness (QED) is 0.136. The van der Waals surface area contributed by atoms with Crippen molar-refractivity contribution in [1.82, 2.24) is 15.0 Å². The number of ether oxygens (including phenoxy) is 3. The van der Waals surface area contributed by atoms with Crippen LogP contribution in [0.15, 0.2) is 85.8 Å². The monoisotopic (exact) mass is 553 g/mol. The van der Waals surface area contributed by atoms with Crippen LogP contribution in [0.25, 0.3) is 0 Å². The molecule has 0 saturated carbocycles. The number of urea groups is 1. The molecule has 1 aliphatic rings. The second-order valence-corrected chi connectivity index (χ2v) is 9.08. The third-order valence-electron chi connectivity index (χ3n) is 6.37. The zero-order valence-corrected chi connectivity index (χ0v) is 22.9. The van der Waals surface area contributed by atoms with Crippen molar-refractivity contribution in [2.75, 3.05) is 48.0 Å². The predicted octanol–water partition coefficient (Wildman–Crippen LogP) is 5.35. The first-order valence-electron chi connectivity index (χ1n) is 12.9. The van der Waals surface area contributed by atoms with Gasteiger partial charge >= 0.3 is 6.03 Å². The van der Waals surface area contributed by atoms with Crippen molar-refractivity contribution in [2.45, 2.75) is 13.1 Å². The summed E-state index contributed by atoms with van der Waals surface area (Å²) in [5.74, 6) is 2.03. The highest BCUT2D eigenvalue weighted by atomic mass is 16.5. The molecule has 2 aromatic heterocycles. The van der Waals surface area contributed by atoms with Crippen molar-refractivity contribution in [3.05, 3.63) is 97.0 Å². The summed E-state index contributed by atoms with van der Waals surface area (Å²) in [5, 5.41) is 6.51. The smallest absolute Gasteiger partial charge is 0.330 e. The summed E-state index contributed by atoms with van der Waals surface area (Å²) in [6, 6.07) is 16.5. The zero-order chi connectivity index (χ0) is 28.6. The number of benzene rings is 2. The molecule has 0 bridgehead atoms. The molecule has 2 aromatic carbocycles. The second kappa shape index (κ2) is 12.8. The largest absolute Gasteiger partial charge is 0.497 e. The van der Waals surface area contributed by atoms with Gasteiger partial charge in [0.25, 0.3) is 0 Å². The Kier molecular flexibility index (Phi) is 8.55. The molecule has 2 N–H and O–H groups in total. The summed E-state index contributed by atoms with van der Waals surface area (Å²) in [6.07, 6.45) is 6.86. The lowest BCUT2D eigenvalue weighted by atomic mass is 10.1. The van der Waals surface area contributed by atoms with E-state index in [1.54, 1.807) is 66.9 Å². The maximum absolute atomic E-state index is 14.0. The highest BCUT2D eigenvalue weighted by molar-refractivity contribution is 6.05. The first-order chi connectivity index (χ1) is 20.1. The number of nitrogens with one attached hydrogen (secondary N) is 2. The SMILES string of the molecule is C=CCOCNc1ccccc1Nc1ncc2c(n1)N(Cc1cccnc1)C(=O)N(c1cc(OC)cc(OC)c1)C2. The molecule has 0 fully saturated rings. The third kappa shape index (κ3) is 6.36. The molecular weight excluding hydrogens is 522 g/mol. The van der Waals surface area contributed by atoms with E-state index in [2.05, 4.69) is 27.2 Å². The minimum Gasteiger partial charge on any atom is -0.497 e. The first kappa shape index (κ1) is 27.4. The topological polar surface area (TPSA) is 114 Å². The minimum absolute atomic E-state index is 0.247. The van der Waals surface area contributed by atoms with E-state index < -0.39 is 0 Å². The molecule has 11 nitrogen and oxygen atoms in total. The molecule has 0 aliphatic carbocycles. The van der Waals surface area contributed by atoms with Gasteiger partial charge < -0.3 is 24.8 Å². The van der Waals surface area contributed by atoms with Crippen LogP contribution < -0.4 is 29.9 Å². The molecule has 210 valence electrons. The molecule has 0 unspecified atom stereocenters. The Bertz CT molecular complexity index is 1490. The highest BCUT2D eigenvalue weighted by Gasteiger charge is 2.34. The molecular formula is C30H31N7O4. The molecule has 2 amide bonds. The van der Waals surface area contributed by atoms with Crippen molar-refractivity contribution in [2.24, 2.45) is 0 Å². The average molecular weight is 554 g/mol. The average Bonchev–Trinajstić information content (AvgIpc) is 3.01. The summed E-state index contributed by atoms with van der Waals surface area (Å²) >= 11 is 0. The van der Waals surface area contributed by atoms with Gasteiger partial charge in [-0.3, -0.25) is 14.8 Å². The molecule has 0 atom stereocenters. The number of para-hydroxylation sites is 2. The molecule has 3 heterocycles. The van der Waals surface area contributed by atoms with Crippen LogP contribution in [0.3, 0.4) is 0 Å². The fraction of sp³-hybridized carbons (Fsp3) is 0.200. The summed E-state index contributed by atoms with van der Waals surface area (Å²) in [6.45, 7) is 4.96. The number of nitrogens with zero attached hydrogens (tertiary/aromatic N) is 5. The van der Waals surface area contributed by atoms with E-state index in [1.807, 2.05) is 36.4 Å². The third-order valence-corrected chi connectivity index (χ3v) is 6.37. The summed E-state index contributed by atoms with van der Waals surface area (Å²) in [7, 11) is 3.15. The first-order valence-corrected chi connectivity index (χ1v) is 12.9. The van der Waals surface area contributed by atoms with Gasteiger partial charge in [-0.1, -0.05) is 24.3 Å². The number of amides is 2.